The van der Waals surface area contributed by atoms with E-state index in [1.165, 1.54) is 0 Å². The van der Waals surface area contributed by atoms with Crippen molar-refractivity contribution >= 4 is 0 Å². The van der Waals surface area contributed by atoms with Crippen molar-refractivity contribution in [2.24, 2.45) is 5.73 Å². The first kappa shape index (κ1) is 10.3. The Balaban J connectivity index is 3.27. The summed E-state index contributed by atoms with van der Waals surface area (Å²) < 4.78 is 0. The molecule has 0 aliphatic carbocycles. The maximum Gasteiger partial charge on any atom is 0.0991 e. The van der Waals surface area contributed by atoms with Gasteiger partial charge in [-0.2, -0.15) is 5.26 Å². The number of nitrogens with two attached hydrogens (primary N) is 1. The third-order valence-electron chi connectivity index (χ3n) is 1.98. The summed E-state index contributed by atoms with van der Waals surface area (Å²) in [6, 6.07) is 5.80. The average molecular weight is 184 g/mol. The second-order valence-corrected chi connectivity index (χ2v) is 3.10. The molecular weight excluding hydrogens is 172 g/mol. The summed E-state index contributed by atoms with van der Waals surface area (Å²) >= 11 is 0. The minimum absolute atomic E-state index is 0.360. The summed E-state index contributed by atoms with van der Waals surface area (Å²) in [4.78, 5) is 0. The van der Waals surface area contributed by atoms with Crippen molar-refractivity contribution in [3.63, 3.8) is 0 Å². The molecule has 0 heterocycles. The molecule has 1 rings (SSSR count). The van der Waals surface area contributed by atoms with E-state index in [-0.39, 0.29) is 0 Å². The van der Waals surface area contributed by atoms with E-state index in [2.05, 4.69) is 17.9 Å². The molecule has 0 aliphatic rings. The fourth-order valence-corrected chi connectivity index (χ4v) is 1.36. The Morgan fingerprint density at radius 1 is 1.29 bits per heavy atom. The fraction of sp³-hybridized carbons (Fsp3) is 0.250. The predicted molar refractivity (Wildman–Crippen MR) is 56.6 cm³/mol. The molecule has 0 spiro atoms. The lowest BCUT2D eigenvalue weighted by Crippen LogP contribution is -1.95. The van der Waals surface area contributed by atoms with Crippen LogP contribution in [-0.2, 0) is 0 Å². The van der Waals surface area contributed by atoms with E-state index >= 15 is 0 Å². The third kappa shape index (κ3) is 2.13. The van der Waals surface area contributed by atoms with Gasteiger partial charge < -0.3 is 5.73 Å². The van der Waals surface area contributed by atoms with Gasteiger partial charge in [-0.3, -0.25) is 0 Å². The van der Waals surface area contributed by atoms with Crippen LogP contribution >= 0.6 is 0 Å². The first-order valence-corrected chi connectivity index (χ1v) is 4.39. The van der Waals surface area contributed by atoms with Crippen molar-refractivity contribution in [2.45, 2.75) is 13.8 Å². The SMILES string of the molecule is Cc1cc(C#N)cc(C)c1C#CCN. The van der Waals surface area contributed by atoms with Crippen molar-refractivity contribution < 1.29 is 0 Å². The summed E-state index contributed by atoms with van der Waals surface area (Å²) in [5, 5.41) is 8.75. The Kier molecular flexibility index (Phi) is 3.29. The lowest BCUT2D eigenvalue weighted by Gasteiger charge is -2.03. The minimum atomic E-state index is 0.360. The summed E-state index contributed by atoms with van der Waals surface area (Å²) in [5.74, 6) is 5.83. The molecule has 0 aliphatic heterocycles. The van der Waals surface area contributed by atoms with Crippen molar-refractivity contribution in [1.82, 2.24) is 0 Å². The summed E-state index contributed by atoms with van der Waals surface area (Å²) in [5.41, 5.74) is 9.03. The van der Waals surface area contributed by atoms with Crippen molar-refractivity contribution in [3.8, 4) is 17.9 Å². The molecule has 1 aromatic carbocycles. The highest BCUT2D eigenvalue weighted by Crippen LogP contribution is 2.14. The summed E-state index contributed by atoms with van der Waals surface area (Å²) in [6.07, 6.45) is 0. The zero-order valence-electron chi connectivity index (χ0n) is 8.39. The fourth-order valence-electron chi connectivity index (χ4n) is 1.36. The lowest BCUT2D eigenvalue weighted by atomic mass is 10.0. The normalized spacial score (nSPS) is 8.71. The Morgan fingerprint density at radius 3 is 2.29 bits per heavy atom. The number of hydrogen-bond acceptors (Lipinski definition) is 2. The molecule has 0 amide bonds. The van der Waals surface area contributed by atoms with Crippen LogP contribution in [0, 0.1) is 37.0 Å². The zero-order valence-corrected chi connectivity index (χ0v) is 8.39. The highest BCUT2D eigenvalue weighted by Gasteiger charge is 2.01. The van der Waals surface area contributed by atoms with E-state index in [9.17, 15) is 0 Å². The standard InChI is InChI=1S/C12H12N2/c1-9-6-11(8-14)7-10(2)12(9)4-3-5-13/h6-7H,5,13H2,1-2H3. The van der Waals surface area contributed by atoms with Crippen LogP contribution < -0.4 is 5.73 Å². The van der Waals surface area contributed by atoms with E-state index in [0.29, 0.717) is 12.1 Å². The number of benzene rings is 1. The monoisotopic (exact) mass is 184 g/mol. The quantitative estimate of drug-likeness (QED) is 0.621. The van der Waals surface area contributed by atoms with Gasteiger partial charge in [0.1, 0.15) is 0 Å². The van der Waals surface area contributed by atoms with E-state index in [4.69, 9.17) is 11.0 Å². The first-order chi connectivity index (χ1) is 6.69. The topological polar surface area (TPSA) is 49.8 Å². The third-order valence-corrected chi connectivity index (χ3v) is 1.98. The molecule has 0 fully saturated rings. The number of nitriles is 1. The molecule has 0 radical (unpaired) electrons. The van der Waals surface area contributed by atoms with Gasteiger partial charge in [-0.15, -0.1) is 0 Å². The van der Waals surface area contributed by atoms with Crippen LogP contribution in [0.15, 0.2) is 12.1 Å². The largest absolute Gasteiger partial charge is 0.320 e. The Morgan fingerprint density at radius 2 is 1.86 bits per heavy atom. The van der Waals surface area contributed by atoms with Crippen molar-refractivity contribution in [3.05, 3.63) is 34.4 Å². The molecule has 0 saturated heterocycles. The summed E-state index contributed by atoms with van der Waals surface area (Å²) in [7, 11) is 0. The maximum absolute atomic E-state index is 8.75. The van der Waals surface area contributed by atoms with Gasteiger partial charge in [0.25, 0.3) is 0 Å². The van der Waals surface area contributed by atoms with Gasteiger partial charge in [0.05, 0.1) is 18.2 Å². The zero-order chi connectivity index (χ0) is 10.6. The molecule has 14 heavy (non-hydrogen) atoms. The van der Waals surface area contributed by atoms with Crippen LogP contribution in [0.5, 0.6) is 0 Å². The summed E-state index contributed by atoms with van der Waals surface area (Å²) in [6.45, 7) is 4.27. The molecule has 1 aromatic rings. The number of nitrogens with zero attached hydrogens (tertiary/aromatic N) is 1. The van der Waals surface area contributed by atoms with Crippen molar-refractivity contribution in [1.29, 1.82) is 5.26 Å². The Labute approximate surface area is 84.4 Å². The van der Waals surface area contributed by atoms with E-state index in [1.807, 2.05) is 26.0 Å². The van der Waals surface area contributed by atoms with Gasteiger partial charge in [0.15, 0.2) is 0 Å². The van der Waals surface area contributed by atoms with Gasteiger partial charge in [0, 0.05) is 5.56 Å². The average Bonchev–Trinajstić information content (AvgIpc) is 2.16. The van der Waals surface area contributed by atoms with Gasteiger partial charge in [-0.1, -0.05) is 11.8 Å². The molecule has 70 valence electrons. The Bertz CT molecular complexity index is 419. The lowest BCUT2D eigenvalue weighted by molar-refractivity contribution is 1.29. The molecule has 0 saturated carbocycles. The second kappa shape index (κ2) is 4.46. The molecule has 0 unspecified atom stereocenters. The van der Waals surface area contributed by atoms with Gasteiger partial charge in [-0.25, -0.2) is 0 Å². The Hall–Kier alpha value is -1.77. The second-order valence-electron chi connectivity index (χ2n) is 3.10. The van der Waals surface area contributed by atoms with Crippen LogP contribution in [0.1, 0.15) is 22.3 Å². The maximum atomic E-state index is 8.75. The molecule has 0 bridgehead atoms. The predicted octanol–water partition coefficient (Wildman–Crippen LogP) is 1.49. The van der Waals surface area contributed by atoms with Crippen LogP contribution in [0.2, 0.25) is 0 Å². The smallest absolute Gasteiger partial charge is 0.0991 e. The molecule has 2 N–H and O–H groups in total. The van der Waals surface area contributed by atoms with Crippen LogP contribution in [-0.4, -0.2) is 6.54 Å². The van der Waals surface area contributed by atoms with E-state index < -0.39 is 0 Å². The highest BCUT2D eigenvalue weighted by molar-refractivity contribution is 5.50. The van der Waals surface area contributed by atoms with Gasteiger partial charge in [0.2, 0.25) is 0 Å². The van der Waals surface area contributed by atoms with Gasteiger partial charge >= 0.3 is 0 Å². The number of aryl methyl sites for hydroxylation is 2. The van der Waals surface area contributed by atoms with Crippen LogP contribution in [0.25, 0.3) is 0 Å². The van der Waals surface area contributed by atoms with Crippen LogP contribution in [0.3, 0.4) is 0 Å². The first-order valence-electron chi connectivity index (χ1n) is 4.39. The number of rotatable bonds is 0. The van der Waals surface area contributed by atoms with E-state index in [1.54, 1.807) is 0 Å². The van der Waals surface area contributed by atoms with Gasteiger partial charge in [-0.05, 0) is 37.1 Å². The van der Waals surface area contributed by atoms with E-state index in [0.717, 1.165) is 16.7 Å². The minimum Gasteiger partial charge on any atom is -0.320 e. The molecule has 2 heteroatoms. The molecule has 0 aromatic heterocycles. The highest BCUT2D eigenvalue weighted by atomic mass is 14.5. The molecular formula is C12H12N2. The number of hydrogen-bond donors (Lipinski definition) is 1. The molecule has 2 nitrogen and oxygen atoms in total. The molecule has 0 atom stereocenters. The van der Waals surface area contributed by atoms with Crippen molar-refractivity contribution in [2.75, 3.05) is 6.54 Å². The van der Waals surface area contributed by atoms with Crippen LogP contribution in [0.4, 0.5) is 0 Å².